The van der Waals surface area contributed by atoms with Crippen LogP contribution in [-0.2, 0) is 0 Å². The van der Waals surface area contributed by atoms with E-state index >= 15 is 0 Å². The van der Waals surface area contributed by atoms with E-state index in [0.717, 1.165) is 15.9 Å². The van der Waals surface area contributed by atoms with Crippen molar-refractivity contribution in [1.82, 2.24) is 4.73 Å². The third-order valence-electron chi connectivity index (χ3n) is 4.37. The van der Waals surface area contributed by atoms with Crippen LogP contribution < -0.4 is 19.6 Å². The van der Waals surface area contributed by atoms with Gasteiger partial charge in [-0.2, -0.15) is 4.73 Å². The van der Waals surface area contributed by atoms with Crippen LogP contribution in [-0.4, -0.2) is 24.2 Å². The van der Waals surface area contributed by atoms with E-state index in [0.29, 0.717) is 32.5 Å². The van der Waals surface area contributed by atoms with E-state index in [1.165, 1.54) is 14.2 Å². The number of methoxy groups -OCH3 is 2. The average molecular weight is 342 g/mol. The number of fused-ring (bicyclic) bond motifs is 1. The van der Waals surface area contributed by atoms with E-state index in [1.807, 2.05) is 13.8 Å². The lowest BCUT2D eigenvalue weighted by Crippen LogP contribution is -2.26. The van der Waals surface area contributed by atoms with Crippen molar-refractivity contribution in [1.29, 1.82) is 0 Å². The third kappa shape index (κ3) is 2.53. The van der Waals surface area contributed by atoms with E-state index < -0.39 is 0 Å². The van der Waals surface area contributed by atoms with Crippen molar-refractivity contribution in [3.8, 4) is 22.8 Å². The summed E-state index contributed by atoms with van der Waals surface area (Å²) < 4.78 is 12.1. The summed E-state index contributed by atoms with van der Waals surface area (Å²) in [5.74, 6) is 0.902. The van der Waals surface area contributed by atoms with Crippen LogP contribution in [0, 0.1) is 18.8 Å². The normalized spacial score (nSPS) is 10.9. The molecule has 0 unspecified atom stereocenters. The lowest BCUT2D eigenvalue weighted by Gasteiger charge is -2.13. The van der Waals surface area contributed by atoms with Crippen LogP contribution >= 0.6 is 0 Å². The van der Waals surface area contributed by atoms with Gasteiger partial charge in [-0.05, 0) is 55.3 Å². The second kappa shape index (κ2) is 6.01. The predicted octanol–water partition coefficient (Wildman–Crippen LogP) is 2.68. The first-order chi connectivity index (χ1) is 11.9. The third-order valence-corrected chi connectivity index (χ3v) is 4.37. The molecule has 0 aliphatic heterocycles. The van der Waals surface area contributed by atoms with Gasteiger partial charge in [0.05, 0.1) is 14.2 Å². The van der Waals surface area contributed by atoms with Gasteiger partial charge in [-0.1, -0.05) is 4.91 Å². The number of nitrogens with two attached hydrogens (primary N) is 1. The molecule has 7 nitrogen and oxygen atoms in total. The Hall–Kier alpha value is -3.22. The molecule has 0 aliphatic rings. The fourth-order valence-corrected chi connectivity index (χ4v) is 2.83. The summed E-state index contributed by atoms with van der Waals surface area (Å²) in [7, 11) is 3.04. The number of hydrogen-bond donors (Lipinski definition) is 2. The molecule has 3 N–H and O–H groups in total. The molecule has 0 saturated heterocycles. The lowest BCUT2D eigenvalue weighted by molar-refractivity contribution is -0.447. The minimum absolute atomic E-state index is 0.106. The number of hydrogen-bond acceptors (Lipinski definition) is 5. The highest BCUT2D eigenvalue weighted by Gasteiger charge is 2.23. The second-order valence-corrected chi connectivity index (χ2v) is 5.83. The first kappa shape index (κ1) is 16.6. The maximum absolute atomic E-state index is 12.6. The van der Waals surface area contributed by atoms with Gasteiger partial charge in [0.15, 0.2) is 17.2 Å². The molecule has 7 heteroatoms. The predicted molar refractivity (Wildman–Crippen MR) is 94.9 cm³/mol. The summed E-state index contributed by atoms with van der Waals surface area (Å²) in [4.78, 5) is 12.6. The maximum atomic E-state index is 12.6. The highest BCUT2D eigenvalue weighted by molar-refractivity contribution is 5.81. The standard InChI is InChI=1S/C18H20N3O4/c1-10-7-13-14(8-11(10)2)21(23)18(19)17(20(13)22)12-5-6-15(24-3)16(9-12)25-4/h5-9,22H,19H2,1-4H3/q+1. The quantitative estimate of drug-likeness (QED) is 0.564. The highest BCUT2D eigenvalue weighted by atomic mass is 16.5. The van der Waals surface area contributed by atoms with Gasteiger partial charge in [-0.15, -0.1) is 0 Å². The number of nitrogen functional groups attached to an aromatic ring is 1. The van der Waals surface area contributed by atoms with Gasteiger partial charge in [0.2, 0.25) is 5.52 Å². The molecule has 0 amide bonds. The molecule has 0 atom stereocenters. The van der Waals surface area contributed by atoms with Crippen LogP contribution in [0.15, 0.2) is 30.3 Å². The number of anilines is 1. The Morgan fingerprint density at radius 3 is 2.32 bits per heavy atom. The van der Waals surface area contributed by atoms with Crippen LogP contribution in [0.4, 0.5) is 5.82 Å². The van der Waals surface area contributed by atoms with Crippen molar-refractivity contribution in [2.75, 3.05) is 20.0 Å². The van der Waals surface area contributed by atoms with Crippen LogP contribution in [0.2, 0.25) is 0 Å². The first-order valence-corrected chi connectivity index (χ1v) is 7.68. The van der Waals surface area contributed by atoms with Crippen LogP contribution in [0.1, 0.15) is 11.1 Å². The van der Waals surface area contributed by atoms with Crippen molar-refractivity contribution in [2.24, 2.45) is 0 Å². The van der Waals surface area contributed by atoms with Crippen molar-refractivity contribution < 1.29 is 19.1 Å². The Balaban J connectivity index is 2.38. The molecule has 130 valence electrons. The molecular weight excluding hydrogens is 322 g/mol. The summed E-state index contributed by atoms with van der Waals surface area (Å²) in [6.07, 6.45) is 0. The Morgan fingerprint density at radius 1 is 1.04 bits per heavy atom. The molecule has 0 radical (unpaired) electrons. The Bertz CT molecular complexity index is 1040. The molecule has 0 spiro atoms. The maximum Gasteiger partial charge on any atom is 0.345 e. The second-order valence-electron chi connectivity index (χ2n) is 5.83. The van der Waals surface area contributed by atoms with E-state index in [1.54, 1.807) is 30.3 Å². The molecule has 0 bridgehead atoms. The summed E-state index contributed by atoms with van der Waals surface area (Å²) >= 11 is 0. The zero-order valence-electron chi connectivity index (χ0n) is 14.5. The molecule has 1 heterocycles. The van der Waals surface area contributed by atoms with Gasteiger partial charge >= 0.3 is 5.82 Å². The number of aryl methyl sites for hydroxylation is 2. The molecule has 0 fully saturated rings. The summed E-state index contributed by atoms with van der Waals surface area (Å²) in [6, 6.07) is 8.51. The largest absolute Gasteiger partial charge is 0.493 e. The van der Waals surface area contributed by atoms with Crippen LogP contribution in [0.3, 0.4) is 0 Å². The number of benzene rings is 2. The fraction of sp³-hybridized carbons (Fsp3) is 0.222. The van der Waals surface area contributed by atoms with Crippen molar-refractivity contribution in [3.05, 3.63) is 46.4 Å². The first-order valence-electron chi connectivity index (χ1n) is 7.68. The van der Waals surface area contributed by atoms with Gasteiger partial charge < -0.3 is 14.7 Å². The van der Waals surface area contributed by atoms with Gasteiger partial charge in [0.25, 0.3) is 0 Å². The Morgan fingerprint density at radius 2 is 1.68 bits per heavy atom. The van der Waals surface area contributed by atoms with Gasteiger partial charge in [0.1, 0.15) is 5.52 Å². The molecule has 2 aromatic carbocycles. The van der Waals surface area contributed by atoms with E-state index in [9.17, 15) is 10.1 Å². The van der Waals surface area contributed by atoms with Crippen LogP contribution in [0.25, 0.3) is 22.3 Å². The van der Waals surface area contributed by atoms with Crippen molar-refractivity contribution in [2.45, 2.75) is 13.8 Å². The van der Waals surface area contributed by atoms with Gasteiger partial charge in [0, 0.05) is 9.99 Å². The number of nitrogens with zero attached hydrogens (tertiary/aromatic N) is 2. The SMILES string of the molecule is COc1ccc(-c2c(N)[n+](=O)c3cc(C)c(C)cc3n2O)cc1OC. The summed E-state index contributed by atoms with van der Waals surface area (Å²) in [5.41, 5.74) is 9.31. The lowest BCUT2D eigenvalue weighted by atomic mass is 10.1. The number of rotatable bonds is 3. The average Bonchev–Trinajstić information content (AvgIpc) is 2.61. The van der Waals surface area contributed by atoms with Gasteiger partial charge in [-0.3, -0.25) is 5.73 Å². The molecule has 3 aromatic rings. The number of ether oxygens (including phenoxy) is 2. The molecular formula is C18H20N3O4+. The van der Waals surface area contributed by atoms with Crippen molar-refractivity contribution >= 4 is 16.9 Å². The Labute approximate surface area is 144 Å². The minimum atomic E-state index is -0.106. The summed E-state index contributed by atoms with van der Waals surface area (Å²) in [6.45, 7) is 3.81. The summed E-state index contributed by atoms with van der Waals surface area (Å²) in [5, 5.41) is 10.7. The minimum Gasteiger partial charge on any atom is -0.493 e. The van der Waals surface area contributed by atoms with E-state index in [2.05, 4.69) is 0 Å². The smallest absolute Gasteiger partial charge is 0.345 e. The molecule has 0 aliphatic carbocycles. The zero-order chi connectivity index (χ0) is 18.3. The van der Waals surface area contributed by atoms with Crippen LogP contribution in [0.5, 0.6) is 11.5 Å². The monoisotopic (exact) mass is 342 g/mol. The van der Waals surface area contributed by atoms with E-state index in [4.69, 9.17) is 15.2 Å². The van der Waals surface area contributed by atoms with E-state index in [-0.39, 0.29) is 11.5 Å². The molecule has 3 rings (SSSR count). The molecule has 0 saturated carbocycles. The molecule has 25 heavy (non-hydrogen) atoms. The zero-order valence-corrected chi connectivity index (χ0v) is 14.5. The number of aromatic nitrogens is 2. The van der Waals surface area contributed by atoms with Crippen molar-refractivity contribution in [3.63, 3.8) is 0 Å². The molecule has 1 aromatic heterocycles. The topological polar surface area (TPSA) is 92.6 Å². The highest BCUT2D eigenvalue weighted by Crippen LogP contribution is 2.34. The fourth-order valence-electron chi connectivity index (χ4n) is 2.83. The van der Waals surface area contributed by atoms with Gasteiger partial charge in [-0.25, -0.2) is 0 Å². The Kier molecular flexibility index (Phi) is 4.00.